The molecule has 1 aromatic carbocycles. The normalized spacial score (nSPS) is 13.9. The summed E-state index contributed by atoms with van der Waals surface area (Å²) in [7, 11) is 0. The van der Waals surface area contributed by atoms with Gasteiger partial charge in [-0.05, 0) is 34.1 Å². The molecule has 0 amide bonds. The predicted octanol–water partition coefficient (Wildman–Crippen LogP) is 3.38. The third-order valence-corrected chi connectivity index (χ3v) is 3.48. The SMILES string of the molecule is Fc1ccccc1CN1CCOc2ccc(Br)nc21. The maximum atomic E-state index is 13.7. The Labute approximate surface area is 119 Å². The zero-order valence-electron chi connectivity index (χ0n) is 10.1. The van der Waals surface area contributed by atoms with Crippen molar-refractivity contribution in [1.29, 1.82) is 0 Å². The van der Waals surface area contributed by atoms with E-state index in [0.29, 0.717) is 25.3 Å². The number of nitrogens with zero attached hydrogens (tertiary/aromatic N) is 2. The number of halogens is 2. The van der Waals surface area contributed by atoms with E-state index >= 15 is 0 Å². The summed E-state index contributed by atoms with van der Waals surface area (Å²) in [5.74, 6) is 1.31. The molecule has 0 spiro atoms. The van der Waals surface area contributed by atoms with Crippen LogP contribution in [0.3, 0.4) is 0 Å². The van der Waals surface area contributed by atoms with Crippen molar-refractivity contribution in [2.75, 3.05) is 18.1 Å². The molecular weight excluding hydrogens is 311 g/mol. The number of hydrogen-bond donors (Lipinski definition) is 0. The number of anilines is 1. The summed E-state index contributed by atoms with van der Waals surface area (Å²) in [6.45, 7) is 1.78. The lowest BCUT2D eigenvalue weighted by molar-refractivity contribution is 0.304. The van der Waals surface area contributed by atoms with Gasteiger partial charge in [0.1, 0.15) is 17.0 Å². The van der Waals surface area contributed by atoms with E-state index in [0.717, 1.165) is 16.2 Å². The van der Waals surface area contributed by atoms with Crippen LogP contribution in [0.25, 0.3) is 0 Å². The van der Waals surface area contributed by atoms with Gasteiger partial charge in [0.15, 0.2) is 11.6 Å². The van der Waals surface area contributed by atoms with Crippen LogP contribution in [-0.4, -0.2) is 18.1 Å². The van der Waals surface area contributed by atoms with Crippen molar-refractivity contribution in [1.82, 2.24) is 4.98 Å². The summed E-state index contributed by atoms with van der Waals surface area (Å²) in [5.41, 5.74) is 0.664. The van der Waals surface area contributed by atoms with E-state index in [1.807, 2.05) is 23.1 Å². The van der Waals surface area contributed by atoms with Gasteiger partial charge in [-0.1, -0.05) is 18.2 Å². The molecule has 0 radical (unpaired) electrons. The molecule has 98 valence electrons. The lowest BCUT2D eigenvalue weighted by Crippen LogP contribution is -2.33. The van der Waals surface area contributed by atoms with Crippen molar-refractivity contribution < 1.29 is 9.13 Å². The molecule has 1 aliphatic heterocycles. The smallest absolute Gasteiger partial charge is 0.172 e. The number of hydrogen-bond acceptors (Lipinski definition) is 3. The Bertz CT molecular complexity index is 606. The standard InChI is InChI=1S/C14H12BrFN2O/c15-13-6-5-12-14(17-13)18(7-8-19-12)9-10-3-1-2-4-11(10)16/h1-6H,7-9H2. The summed E-state index contributed by atoms with van der Waals surface area (Å²) in [6, 6.07) is 10.5. The van der Waals surface area contributed by atoms with Gasteiger partial charge in [0.05, 0.1) is 6.54 Å². The highest BCUT2D eigenvalue weighted by molar-refractivity contribution is 9.10. The fourth-order valence-electron chi connectivity index (χ4n) is 2.11. The molecule has 0 fully saturated rings. The van der Waals surface area contributed by atoms with E-state index in [1.54, 1.807) is 12.1 Å². The van der Waals surface area contributed by atoms with Gasteiger partial charge in [-0.15, -0.1) is 0 Å². The molecule has 19 heavy (non-hydrogen) atoms. The van der Waals surface area contributed by atoms with Crippen LogP contribution in [0.4, 0.5) is 10.2 Å². The van der Waals surface area contributed by atoms with Gasteiger partial charge >= 0.3 is 0 Å². The number of fused-ring (bicyclic) bond motifs is 1. The van der Waals surface area contributed by atoms with E-state index < -0.39 is 0 Å². The van der Waals surface area contributed by atoms with Crippen LogP contribution in [0.15, 0.2) is 41.0 Å². The van der Waals surface area contributed by atoms with Gasteiger partial charge in [-0.25, -0.2) is 9.37 Å². The molecule has 0 N–H and O–H groups in total. The second-order valence-corrected chi connectivity index (χ2v) is 5.13. The van der Waals surface area contributed by atoms with Crippen LogP contribution in [0, 0.1) is 5.82 Å². The lowest BCUT2D eigenvalue weighted by atomic mass is 10.2. The molecule has 2 aromatic rings. The molecule has 0 bridgehead atoms. The lowest BCUT2D eigenvalue weighted by Gasteiger charge is -2.30. The fraction of sp³-hybridized carbons (Fsp3) is 0.214. The van der Waals surface area contributed by atoms with Crippen molar-refractivity contribution in [3.8, 4) is 5.75 Å². The quantitative estimate of drug-likeness (QED) is 0.792. The van der Waals surface area contributed by atoms with Crippen molar-refractivity contribution >= 4 is 21.7 Å². The van der Waals surface area contributed by atoms with Gasteiger partial charge < -0.3 is 9.64 Å². The minimum absolute atomic E-state index is 0.189. The third kappa shape index (κ3) is 2.56. The molecule has 0 saturated heterocycles. The summed E-state index contributed by atoms with van der Waals surface area (Å²) >= 11 is 3.35. The number of pyridine rings is 1. The molecule has 0 saturated carbocycles. The van der Waals surface area contributed by atoms with Crippen LogP contribution < -0.4 is 9.64 Å². The molecule has 5 heteroatoms. The molecule has 0 atom stereocenters. The van der Waals surface area contributed by atoms with Crippen LogP contribution in [0.2, 0.25) is 0 Å². The van der Waals surface area contributed by atoms with E-state index in [4.69, 9.17) is 4.74 Å². The monoisotopic (exact) mass is 322 g/mol. The van der Waals surface area contributed by atoms with Crippen molar-refractivity contribution in [3.05, 3.63) is 52.4 Å². The van der Waals surface area contributed by atoms with Crippen LogP contribution in [0.1, 0.15) is 5.56 Å². The Morgan fingerprint density at radius 3 is 2.95 bits per heavy atom. The molecular formula is C14H12BrFN2O. The summed E-state index contributed by atoms with van der Waals surface area (Å²) in [5, 5.41) is 0. The summed E-state index contributed by atoms with van der Waals surface area (Å²) in [4.78, 5) is 6.45. The van der Waals surface area contributed by atoms with Crippen LogP contribution in [0.5, 0.6) is 5.75 Å². The van der Waals surface area contributed by atoms with Gasteiger partial charge in [0.2, 0.25) is 0 Å². The zero-order chi connectivity index (χ0) is 13.2. The predicted molar refractivity (Wildman–Crippen MR) is 74.9 cm³/mol. The number of benzene rings is 1. The zero-order valence-corrected chi connectivity index (χ0v) is 11.7. The van der Waals surface area contributed by atoms with Crippen LogP contribution in [-0.2, 0) is 6.54 Å². The second kappa shape index (κ2) is 5.17. The van der Waals surface area contributed by atoms with E-state index in [9.17, 15) is 4.39 Å². The molecule has 0 unspecified atom stereocenters. The van der Waals surface area contributed by atoms with Gasteiger partial charge in [-0.3, -0.25) is 0 Å². The molecule has 3 nitrogen and oxygen atoms in total. The van der Waals surface area contributed by atoms with Gasteiger partial charge in [-0.2, -0.15) is 0 Å². The average molecular weight is 323 g/mol. The highest BCUT2D eigenvalue weighted by atomic mass is 79.9. The topological polar surface area (TPSA) is 25.4 Å². The first-order valence-electron chi connectivity index (χ1n) is 6.02. The van der Waals surface area contributed by atoms with Gasteiger partial charge in [0.25, 0.3) is 0 Å². The average Bonchev–Trinajstić information content (AvgIpc) is 2.42. The minimum atomic E-state index is -0.189. The first-order chi connectivity index (χ1) is 9.24. The number of aromatic nitrogens is 1. The highest BCUT2D eigenvalue weighted by Gasteiger charge is 2.20. The first kappa shape index (κ1) is 12.4. The number of ether oxygens (including phenoxy) is 1. The summed E-state index contributed by atoms with van der Waals surface area (Å²) < 4.78 is 20.0. The minimum Gasteiger partial charge on any atom is -0.488 e. The van der Waals surface area contributed by atoms with Gasteiger partial charge in [0, 0.05) is 12.1 Å². The maximum Gasteiger partial charge on any atom is 0.172 e. The Morgan fingerprint density at radius 1 is 1.26 bits per heavy atom. The van der Waals surface area contributed by atoms with Crippen molar-refractivity contribution in [2.24, 2.45) is 0 Å². The molecule has 0 aliphatic carbocycles. The van der Waals surface area contributed by atoms with Crippen LogP contribution >= 0.6 is 15.9 Å². The second-order valence-electron chi connectivity index (χ2n) is 4.32. The molecule has 1 aromatic heterocycles. The van der Waals surface area contributed by atoms with E-state index in [2.05, 4.69) is 20.9 Å². The van der Waals surface area contributed by atoms with E-state index in [-0.39, 0.29) is 5.82 Å². The number of rotatable bonds is 2. The Hall–Kier alpha value is -1.62. The molecule has 1 aliphatic rings. The Kier molecular flexibility index (Phi) is 3.38. The van der Waals surface area contributed by atoms with E-state index in [1.165, 1.54) is 6.07 Å². The van der Waals surface area contributed by atoms with Crippen molar-refractivity contribution in [2.45, 2.75) is 6.54 Å². The first-order valence-corrected chi connectivity index (χ1v) is 6.81. The third-order valence-electron chi connectivity index (χ3n) is 3.04. The molecule has 2 heterocycles. The molecule has 3 rings (SSSR count). The largest absolute Gasteiger partial charge is 0.488 e. The highest BCUT2D eigenvalue weighted by Crippen LogP contribution is 2.32. The Morgan fingerprint density at radius 2 is 2.11 bits per heavy atom. The summed E-state index contributed by atoms with van der Waals surface area (Å²) in [6.07, 6.45) is 0. The maximum absolute atomic E-state index is 13.7. The fourth-order valence-corrected chi connectivity index (χ4v) is 2.41. The van der Waals surface area contributed by atoms with Crippen molar-refractivity contribution in [3.63, 3.8) is 0 Å². The Balaban J connectivity index is 1.92.